The predicted octanol–water partition coefficient (Wildman–Crippen LogP) is 4.46. The summed E-state index contributed by atoms with van der Waals surface area (Å²) >= 11 is 0. The van der Waals surface area contributed by atoms with Crippen molar-refractivity contribution in [2.24, 2.45) is 5.92 Å². The molecule has 1 fully saturated rings. The zero-order valence-corrected chi connectivity index (χ0v) is 20.5. The van der Waals surface area contributed by atoms with Crippen LogP contribution in [-0.4, -0.2) is 76.4 Å². The zero-order valence-electron chi connectivity index (χ0n) is 20.5. The van der Waals surface area contributed by atoms with Gasteiger partial charge in [0.1, 0.15) is 6.61 Å². The molecule has 2 aromatic carbocycles. The van der Waals surface area contributed by atoms with Gasteiger partial charge in [-0.2, -0.15) is 0 Å². The summed E-state index contributed by atoms with van der Waals surface area (Å²) < 4.78 is 41.3. The first-order chi connectivity index (χ1) is 17.3. The second kappa shape index (κ2) is 10.2. The van der Waals surface area contributed by atoms with E-state index in [1.807, 2.05) is 49.4 Å². The maximum atomic E-state index is 14.4. The number of alkyl halides is 3. The van der Waals surface area contributed by atoms with Gasteiger partial charge in [0, 0.05) is 48.2 Å². The second-order valence-corrected chi connectivity index (χ2v) is 10.4. The summed E-state index contributed by atoms with van der Waals surface area (Å²) in [6, 6.07) is 15.0. The van der Waals surface area contributed by atoms with Gasteiger partial charge in [0.15, 0.2) is 0 Å². The molecule has 5 rings (SSSR count). The summed E-state index contributed by atoms with van der Waals surface area (Å²) in [5.74, 6) is -3.12. The highest BCUT2D eigenvalue weighted by molar-refractivity contribution is 5.85. The average Bonchev–Trinajstić information content (AvgIpc) is 3.21. The van der Waals surface area contributed by atoms with Gasteiger partial charge in [-0.05, 0) is 42.5 Å². The fourth-order valence-electron chi connectivity index (χ4n) is 5.85. The number of nitrogens with zero attached hydrogens (tertiary/aromatic N) is 2. The molecular formula is C28H34F3N3O2. The van der Waals surface area contributed by atoms with Crippen molar-refractivity contribution >= 4 is 10.9 Å². The number of benzene rings is 2. The fraction of sp³-hybridized carbons (Fsp3) is 0.500. The normalized spacial score (nSPS) is 22.5. The minimum atomic E-state index is -3.22. The molecule has 194 valence electrons. The van der Waals surface area contributed by atoms with Gasteiger partial charge in [-0.1, -0.05) is 42.5 Å². The maximum absolute atomic E-state index is 14.4. The van der Waals surface area contributed by atoms with Crippen LogP contribution in [0.5, 0.6) is 0 Å². The first-order valence-electron chi connectivity index (χ1n) is 12.7. The topological polar surface area (TPSA) is 62.7 Å². The van der Waals surface area contributed by atoms with Gasteiger partial charge < -0.3 is 20.1 Å². The molecule has 2 aliphatic rings. The van der Waals surface area contributed by atoms with E-state index in [9.17, 15) is 23.4 Å². The lowest BCUT2D eigenvalue weighted by molar-refractivity contribution is -0.0864. The lowest BCUT2D eigenvalue weighted by Gasteiger charge is -2.43. The molecule has 1 saturated heterocycles. The van der Waals surface area contributed by atoms with Crippen LogP contribution in [0.3, 0.4) is 0 Å². The SMILES string of the molecule is C[C@@H]1Cc2c([nH]c3ccccc23)C(c2ccc(C(O)C3CN(CCCF)C3)cc2)N1CC(F)(F)CO. The van der Waals surface area contributed by atoms with Crippen molar-refractivity contribution in [3.63, 3.8) is 0 Å². The van der Waals surface area contributed by atoms with E-state index in [0.717, 1.165) is 46.4 Å². The number of aromatic nitrogens is 1. The quantitative estimate of drug-likeness (QED) is 0.405. The number of halogens is 3. The molecular weight excluding hydrogens is 467 g/mol. The number of H-pyrrole nitrogens is 1. The summed E-state index contributed by atoms with van der Waals surface area (Å²) in [6.07, 6.45) is 0.526. The fourth-order valence-corrected chi connectivity index (χ4v) is 5.85. The predicted molar refractivity (Wildman–Crippen MR) is 134 cm³/mol. The smallest absolute Gasteiger partial charge is 0.283 e. The Hall–Kier alpha value is -2.39. The van der Waals surface area contributed by atoms with Crippen LogP contribution in [-0.2, 0) is 6.42 Å². The molecule has 0 amide bonds. The Labute approximate surface area is 209 Å². The van der Waals surface area contributed by atoms with E-state index in [1.165, 1.54) is 0 Å². The van der Waals surface area contributed by atoms with Crippen molar-refractivity contribution in [2.45, 2.75) is 43.9 Å². The molecule has 8 heteroatoms. The van der Waals surface area contributed by atoms with E-state index >= 15 is 0 Å². The van der Waals surface area contributed by atoms with Crippen LogP contribution in [0.4, 0.5) is 13.2 Å². The van der Waals surface area contributed by atoms with Crippen LogP contribution >= 0.6 is 0 Å². The summed E-state index contributed by atoms with van der Waals surface area (Å²) in [5, 5.41) is 21.3. The van der Waals surface area contributed by atoms with Crippen molar-refractivity contribution in [1.29, 1.82) is 0 Å². The van der Waals surface area contributed by atoms with Gasteiger partial charge in [0.05, 0.1) is 25.4 Å². The molecule has 2 aliphatic heterocycles. The molecule has 2 unspecified atom stereocenters. The molecule has 3 aromatic rings. The van der Waals surface area contributed by atoms with Crippen LogP contribution < -0.4 is 0 Å². The summed E-state index contributed by atoms with van der Waals surface area (Å²) in [4.78, 5) is 7.40. The number of nitrogens with one attached hydrogen (secondary N) is 1. The number of aliphatic hydroxyl groups excluding tert-OH is 2. The maximum Gasteiger partial charge on any atom is 0.283 e. The lowest BCUT2D eigenvalue weighted by atomic mass is 9.86. The number of aliphatic hydroxyl groups is 2. The van der Waals surface area contributed by atoms with Gasteiger partial charge in [0.2, 0.25) is 0 Å². The molecule has 0 spiro atoms. The molecule has 3 atom stereocenters. The first kappa shape index (κ1) is 25.3. The Morgan fingerprint density at radius 2 is 1.83 bits per heavy atom. The minimum Gasteiger partial charge on any atom is -0.390 e. The molecule has 3 heterocycles. The number of fused-ring (bicyclic) bond motifs is 3. The van der Waals surface area contributed by atoms with Gasteiger partial charge in [-0.15, -0.1) is 0 Å². The van der Waals surface area contributed by atoms with Crippen molar-refractivity contribution in [3.8, 4) is 0 Å². The molecule has 0 aliphatic carbocycles. The molecule has 3 N–H and O–H groups in total. The summed E-state index contributed by atoms with van der Waals surface area (Å²) in [6.45, 7) is 2.07. The van der Waals surface area contributed by atoms with Crippen molar-refractivity contribution in [2.75, 3.05) is 39.5 Å². The van der Waals surface area contributed by atoms with Gasteiger partial charge in [0.25, 0.3) is 5.92 Å². The van der Waals surface area contributed by atoms with Gasteiger partial charge >= 0.3 is 0 Å². The third-order valence-electron chi connectivity index (χ3n) is 7.80. The monoisotopic (exact) mass is 501 g/mol. The summed E-state index contributed by atoms with van der Waals surface area (Å²) in [7, 11) is 0. The second-order valence-electron chi connectivity index (χ2n) is 10.4. The van der Waals surface area contributed by atoms with E-state index in [2.05, 4.69) is 16.0 Å². The van der Waals surface area contributed by atoms with E-state index in [-0.39, 0.29) is 18.6 Å². The third kappa shape index (κ3) is 4.79. The Kier molecular flexibility index (Phi) is 7.14. The largest absolute Gasteiger partial charge is 0.390 e. The van der Waals surface area contributed by atoms with Crippen LogP contribution in [0.2, 0.25) is 0 Å². The molecule has 0 bridgehead atoms. The highest BCUT2D eigenvalue weighted by atomic mass is 19.3. The molecule has 0 radical (unpaired) electrons. The Morgan fingerprint density at radius 1 is 1.11 bits per heavy atom. The standard InChI is InChI=1S/C28H34F3N3O2/c1-18-13-23-22-5-2-3-6-24(22)32-25(23)26(34(18)16-28(30,31)17-35)19-7-9-20(10-8-19)27(36)21-14-33(15-21)12-4-11-29/h2-3,5-10,18,21,26-27,32,35-36H,4,11-17H2,1H3/t18-,26?,27?/m1/s1. The van der Waals surface area contributed by atoms with Crippen molar-refractivity contribution in [3.05, 3.63) is 70.9 Å². The van der Waals surface area contributed by atoms with Crippen molar-refractivity contribution < 1.29 is 23.4 Å². The number of aromatic amines is 1. The number of rotatable bonds is 9. The van der Waals surface area contributed by atoms with Crippen LogP contribution in [0.15, 0.2) is 48.5 Å². The number of hydrogen-bond donors (Lipinski definition) is 3. The van der Waals surface area contributed by atoms with Crippen molar-refractivity contribution in [1.82, 2.24) is 14.8 Å². The average molecular weight is 502 g/mol. The van der Waals surface area contributed by atoms with E-state index < -0.39 is 31.2 Å². The zero-order chi connectivity index (χ0) is 25.4. The van der Waals surface area contributed by atoms with E-state index in [0.29, 0.717) is 19.4 Å². The Balaban J connectivity index is 1.44. The van der Waals surface area contributed by atoms with Gasteiger partial charge in [-0.25, -0.2) is 8.78 Å². The lowest BCUT2D eigenvalue weighted by Crippen LogP contribution is -2.49. The Morgan fingerprint density at radius 3 is 2.53 bits per heavy atom. The van der Waals surface area contributed by atoms with Crippen LogP contribution in [0.1, 0.15) is 47.9 Å². The molecule has 36 heavy (non-hydrogen) atoms. The first-order valence-corrected chi connectivity index (χ1v) is 12.7. The highest BCUT2D eigenvalue weighted by Crippen LogP contribution is 2.42. The molecule has 0 saturated carbocycles. The molecule has 1 aromatic heterocycles. The Bertz CT molecular complexity index is 1180. The highest BCUT2D eigenvalue weighted by Gasteiger charge is 2.41. The molecule has 5 nitrogen and oxygen atoms in total. The van der Waals surface area contributed by atoms with E-state index in [4.69, 9.17) is 0 Å². The van der Waals surface area contributed by atoms with Crippen LogP contribution in [0, 0.1) is 5.92 Å². The number of para-hydroxylation sites is 1. The number of likely N-dealkylation sites (tertiary alicyclic amines) is 1. The van der Waals surface area contributed by atoms with Gasteiger partial charge in [-0.3, -0.25) is 9.29 Å². The van der Waals surface area contributed by atoms with E-state index in [1.54, 1.807) is 4.90 Å². The minimum absolute atomic E-state index is 0.102. The third-order valence-corrected chi connectivity index (χ3v) is 7.80. The number of hydrogen-bond acceptors (Lipinski definition) is 4. The summed E-state index contributed by atoms with van der Waals surface area (Å²) in [5.41, 5.74) is 4.67. The van der Waals surface area contributed by atoms with Crippen LogP contribution in [0.25, 0.3) is 10.9 Å².